The summed E-state index contributed by atoms with van der Waals surface area (Å²) in [5.41, 5.74) is 2.88. The number of carbonyl (C=O) groups excluding carboxylic acids is 1. The first-order valence-electron chi connectivity index (χ1n) is 10.5. The van der Waals surface area contributed by atoms with Crippen molar-refractivity contribution in [2.24, 2.45) is 0 Å². The van der Waals surface area contributed by atoms with E-state index in [4.69, 9.17) is 9.72 Å². The van der Waals surface area contributed by atoms with E-state index in [-0.39, 0.29) is 11.6 Å². The SMILES string of the molecule is CCOc1cccc2sc(N(CCn3nc(C)cc3C)C(=O)c3ccc([N+](=O)[O-])cc3)nc12. The van der Waals surface area contributed by atoms with E-state index in [1.54, 1.807) is 4.90 Å². The minimum absolute atomic E-state index is 0.0675. The lowest BCUT2D eigenvalue weighted by molar-refractivity contribution is -0.384. The molecule has 0 aliphatic heterocycles. The van der Waals surface area contributed by atoms with Crippen molar-refractivity contribution in [3.63, 3.8) is 0 Å². The van der Waals surface area contributed by atoms with E-state index < -0.39 is 4.92 Å². The van der Waals surface area contributed by atoms with Crippen LogP contribution in [-0.4, -0.2) is 38.7 Å². The van der Waals surface area contributed by atoms with E-state index in [0.717, 1.165) is 16.1 Å². The van der Waals surface area contributed by atoms with Crippen LogP contribution in [0.25, 0.3) is 10.2 Å². The Labute approximate surface area is 194 Å². The molecule has 0 bridgehead atoms. The quantitative estimate of drug-likeness (QED) is 0.274. The lowest BCUT2D eigenvalue weighted by atomic mass is 10.2. The summed E-state index contributed by atoms with van der Waals surface area (Å²) in [4.78, 5) is 30.3. The van der Waals surface area contributed by atoms with Crippen LogP contribution in [0.3, 0.4) is 0 Å². The highest BCUT2D eigenvalue weighted by Crippen LogP contribution is 2.35. The Kier molecular flexibility index (Phi) is 6.36. The molecule has 0 atom stereocenters. The molecule has 1 amide bonds. The summed E-state index contributed by atoms with van der Waals surface area (Å²) in [6, 6.07) is 13.3. The van der Waals surface area contributed by atoms with Crippen molar-refractivity contribution in [1.82, 2.24) is 14.8 Å². The van der Waals surface area contributed by atoms with Gasteiger partial charge in [0.25, 0.3) is 11.6 Å². The molecule has 2 heterocycles. The molecular weight excluding hydrogens is 442 g/mol. The highest BCUT2D eigenvalue weighted by Gasteiger charge is 2.23. The van der Waals surface area contributed by atoms with Crippen LogP contribution in [0.5, 0.6) is 5.75 Å². The van der Waals surface area contributed by atoms with Crippen molar-refractivity contribution < 1.29 is 14.5 Å². The third kappa shape index (κ3) is 4.70. The maximum absolute atomic E-state index is 13.5. The number of benzene rings is 2. The van der Waals surface area contributed by atoms with E-state index in [0.29, 0.717) is 41.7 Å². The molecule has 0 radical (unpaired) electrons. The first kappa shape index (κ1) is 22.4. The molecule has 2 aromatic heterocycles. The number of hydrogen-bond donors (Lipinski definition) is 0. The van der Waals surface area contributed by atoms with Gasteiger partial charge in [0.15, 0.2) is 5.13 Å². The number of ether oxygens (including phenoxy) is 1. The molecule has 4 aromatic rings. The molecule has 10 heteroatoms. The largest absolute Gasteiger partial charge is 0.492 e. The number of anilines is 1. The number of aromatic nitrogens is 3. The number of hydrogen-bond acceptors (Lipinski definition) is 7. The summed E-state index contributed by atoms with van der Waals surface area (Å²) in [6.07, 6.45) is 0. The summed E-state index contributed by atoms with van der Waals surface area (Å²) in [7, 11) is 0. The molecule has 2 aromatic carbocycles. The number of carbonyl (C=O) groups is 1. The van der Waals surface area contributed by atoms with Crippen molar-refractivity contribution in [3.05, 3.63) is 75.6 Å². The molecule has 0 saturated carbocycles. The van der Waals surface area contributed by atoms with Crippen LogP contribution < -0.4 is 9.64 Å². The van der Waals surface area contributed by atoms with E-state index in [1.165, 1.54) is 35.6 Å². The second kappa shape index (κ2) is 9.37. The van der Waals surface area contributed by atoms with Gasteiger partial charge in [0.05, 0.1) is 28.5 Å². The average molecular weight is 466 g/mol. The fourth-order valence-corrected chi connectivity index (χ4v) is 4.57. The Morgan fingerprint density at radius 3 is 2.61 bits per heavy atom. The number of nitro groups is 1. The van der Waals surface area contributed by atoms with Crippen LogP contribution in [0.15, 0.2) is 48.5 Å². The predicted octanol–water partition coefficient (Wildman–Crippen LogP) is 4.76. The van der Waals surface area contributed by atoms with Gasteiger partial charge in [-0.1, -0.05) is 17.4 Å². The van der Waals surface area contributed by atoms with Crippen molar-refractivity contribution in [2.75, 3.05) is 18.1 Å². The Hall–Kier alpha value is -3.79. The summed E-state index contributed by atoms with van der Waals surface area (Å²) in [6.45, 7) is 7.12. The van der Waals surface area contributed by atoms with E-state index in [2.05, 4.69) is 5.10 Å². The molecule has 0 spiro atoms. The molecule has 170 valence electrons. The first-order valence-corrected chi connectivity index (χ1v) is 11.3. The number of para-hydroxylation sites is 1. The number of fused-ring (bicyclic) bond motifs is 1. The molecule has 0 N–H and O–H groups in total. The zero-order valence-corrected chi connectivity index (χ0v) is 19.3. The van der Waals surface area contributed by atoms with Gasteiger partial charge in [0.1, 0.15) is 11.3 Å². The highest BCUT2D eigenvalue weighted by atomic mass is 32.1. The highest BCUT2D eigenvalue weighted by molar-refractivity contribution is 7.22. The minimum Gasteiger partial charge on any atom is -0.492 e. The zero-order valence-electron chi connectivity index (χ0n) is 18.5. The number of rotatable bonds is 8. The van der Waals surface area contributed by atoms with Crippen molar-refractivity contribution >= 4 is 38.3 Å². The number of amides is 1. The molecule has 0 aliphatic rings. The Morgan fingerprint density at radius 1 is 1.21 bits per heavy atom. The monoisotopic (exact) mass is 465 g/mol. The summed E-state index contributed by atoms with van der Waals surface area (Å²) in [5, 5.41) is 16.0. The van der Waals surface area contributed by atoms with E-state index >= 15 is 0 Å². The normalized spacial score (nSPS) is 11.0. The maximum atomic E-state index is 13.5. The standard InChI is InChI=1S/C23H23N5O4S/c1-4-32-19-6-5-7-20-21(19)24-23(33-20)26(12-13-27-16(3)14-15(2)25-27)22(29)17-8-10-18(11-9-17)28(30)31/h5-11,14H,4,12-13H2,1-3H3. The van der Waals surface area contributed by atoms with Crippen molar-refractivity contribution in [3.8, 4) is 5.75 Å². The van der Waals surface area contributed by atoms with Gasteiger partial charge < -0.3 is 4.74 Å². The molecule has 4 rings (SSSR count). The number of nitro benzene ring substituents is 1. The molecule has 0 saturated heterocycles. The summed E-state index contributed by atoms with van der Waals surface area (Å²) >= 11 is 1.40. The topological polar surface area (TPSA) is 103 Å². The van der Waals surface area contributed by atoms with Gasteiger partial charge >= 0.3 is 0 Å². The summed E-state index contributed by atoms with van der Waals surface area (Å²) < 4.78 is 8.46. The van der Waals surface area contributed by atoms with Gasteiger partial charge in [-0.2, -0.15) is 5.10 Å². The maximum Gasteiger partial charge on any atom is 0.269 e. The molecular formula is C23H23N5O4S. The molecule has 0 unspecified atom stereocenters. The van der Waals surface area contributed by atoms with E-state index in [1.807, 2.05) is 49.7 Å². The summed E-state index contributed by atoms with van der Waals surface area (Å²) in [5.74, 6) is 0.377. The van der Waals surface area contributed by atoms with Crippen molar-refractivity contribution in [1.29, 1.82) is 0 Å². The fraction of sp³-hybridized carbons (Fsp3) is 0.261. The van der Waals surface area contributed by atoms with Gasteiger partial charge in [-0.25, -0.2) is 4.98 Å². The molecule has 0 aliphatic carbocycles. The van der Waals surface area contributed by atoms with E-state index in [9.17, 15) is 14.9 Å². The van der Waals surface area contributed by atoms with Crippen LogP contribution in [0.4, 0.5) is 10.8 Å². The van der Waals surface area contributed by atoms with Crippen LogP contribution in [0.2, 0.25) is 0 Å². The minimum atomic E-state index is -0.488. The lowest BCUT2D eigenvalue weighted by Gasteiger charge is -2.20. The van der Waals surface area contributed by atoms with Crippen molar-refractivity contribution in [2.45, 2.75) is 27.3 Å². The number of nitrogens with zero attached hydrogens (tertiary/aromatic N) is 5. The molecule has 33 heavy (non-hydrogen) atoms. The van der Waals surface area contributed by atoms with Crippen LogP contribution in [-0.2, 0) is 6.54 Å². The smallest absolute Gasteiger partial charge is 0.269 e. The zero-order chi connectivity index (χ0) is 23.5. The third-order valence-corrected chi connectivity index (χ3v) is 6.15. The Balaban J connectivity index is 1.71. The average Bonchev–Trinajstić information content (AvgIpc) is 3.37. The van der Waals surface area contributed by atoms with Gasteiger partial charge in [-0.05, 0) is 51.1 Å². The number of non-ortho nitro benzene ring substituents is 1. The number of thiazole rings is 1. The lowest BCUT2D eigenvalue weighted by Crippen LogP contribution is -2.34. The second-order valence-electron chi connectivity index (χ2n) is 7.44. The van der Waals surface area contributed by atoms with Crippen LogP contribution in [0.1, 0.15) is 28.7 Å². The van der Waals surface area contributed by atoms with Crippen LogP contribution >= 0.6 is 11.3 Å². The van der Waals surface area contributed by atoms with Gasteiger partial charge in [-0.3, -0.25) is 24.5 Å². The Bertz CT molecular complexity index is 1310. The van der Waals surface area contributed by atoms with Crippen LogP contribution in [0, 0.1) is 24.0 Å². The van der Waals surface area contributed by atoms with Gasteiger partial charge in [-0.15, -0.1) is 0 Å². The molecule has 9 nitrogen and oxygen atoms in total. The second-order valence-corrected chi connectivity index (χ2v) is 8.45. The predicted molar refractivity (Wildman–Crippen MR) is 127 cm³/mol. The fourth-order valence-electron chi connectivity index (χ4n) is 3.56. The third-order valence-electron chi connectivity index (χ3n) is 5.11. The number of aryl methyl sites for hydroxylation is 2. The molecule has 0 fully saturated rings. The van der Waals surface area contributed by atoms with Gasteiger partial charge in [0, 0.05) is 29.9 Å². The van der Waals surface area contributed by atoms with Gasteiger partial charge in [0.2, 0.25) is 0 Å². The first-order chi connectivity index (χ1) is 15.9. The Morgan fingerprint density at radius 2 is 1.97 bits per heavy atom.